The lowest BCUT2D eigenvalue weighted by atomic mass is 10.2. The normalized spacial score (nSPS) is 15.0. The zero-order chi connectivity index (χ0) is 23.9. The number of sulfonamides is 1. The average molecular weight is 497 g/mol. The van der Waals surface area contributed by atoms with Crippen molar-refractivity contribution in [3.8, 4) is 5.69 Å². The van der Waals surface area contributed by atoms with Gasteiger partial charge in [0.25, 0.3) is 5.91 Å². The molecule has 8 nitrogen and oxygen atoms in total. The molecule has 1 saturated heterocycles. The largest absolute Gasteiger partial charge is 0.379 e. The second-order valence-electron chi connectivity index (χ2n) is 8.11. The number of ether oxygens (including phenoxy) is 1. The van der Waals surface area contributed by atoms with Crippen molar-refractivity contribution in [3.05, 3.63) is 70.7 Å². The highest BCUT2D eigenvalue weighted by molar-refractivity contribution is 7.89. The summed E-state index contributed by atoms with van der Waals surface area (Å²) < 4.78 is 34.6. The van der Waals surface area contributed by atoms with Gasteiger partial charge in [-0.3, -0.25) is 4.79 Å². The predicted octanol–water partition coefficient (Wildman–Crippen LogP) is 3.98. The summed E-state index contributed by atoms with van der Waals surface area (Å²) in [6.45, 7) is 5.14. The Hall–Kier alpha value is -3.05. The van der Waals surface area contributed by atoms with E-state index < -0.39 is 10.0 Å². The first-order chi connectivity index (χ1) is 16.3. The van der Waals surface area contributed by atoms with Crippen LogP contribution in [-0.4, -0.2) is 54.7 Å². The van der Waals surface area contributed by atoms with Crippen LogP contribution in [-0.2, 0) is 14.8 Å². The number of carbonyl (C=O) groups excluding carboxylic acids is 1. The minimum Gasteiger partial charge on any atom is -0.379 e. The number of morpholine rings is 1. The number of thiophene rings is 1. The van der Waals surface area contributed by atoms with E-state index in [2.05, 4.69) is 10.4 Å². The Morgan fingerprint density at radius 1 is 1.06 bits per heavy atom. The summed E-state index contributed by atoms with van der Waals surface area (Å²) in [5.41, 5.74) is 3.01. The molecule has 1 aliphatic rings. The van der Waals surface area contributed by atoms with E-state index in [1.54, 1.807) is 12.1 Å². The van der Waals surface area contributed by atoms with Crippen molar-refractivity contribution in [2.75, 3.05) is 31.6 Å². The molecular weight excluding hydrogens is 472 g/mol. The molecule has 176 valence electrons. The second kappa shape index (κ2) is 8.95. The zero-order valence-corrected chi connectivity index (χ0v) is 20.4. The lowest BCUT2D eigenvalue weighted by molar-refractivity contribution is 0.0730. The Morgan fingerprint density at radius 2 is 1.79 bits per heavy atom. The number of fused-ring (bicyclic) bond motifs is 1. The van der Waals surface area contributed by atoms with Crippen LogP contribution in [0.15, 0.2) is 59.5 Å². The van der Waals surface area contributed by atoms with Gasteiger partial charge in [0, 0.05) is 24.2 Å². The van der Waals surface area contributed by atoms with Gasteiger partial charge >= 0.3 is 0 Å². The maximum Gasteiger partial charge on any atom is 0.265 e. The Morgan fingerprint density at radius 3 is 2.53 bits per heavy atom. The van der Waals surface area contributed by atoms with Crippen LogP contribution < -0.4 is 5.32 Å². The molecule has 0 atom stereocenters. The third-order valence-electron chi connectivity index (χ3n) is 5.83. The molecule has 0 spiro atoms. The molecule has 34 heavy (non-hydrogen) atoms. The van der Waals surface area contributed by atoms with Crippen LogP contribution in [0, 0.1) is 13.8 Å². The number of aryl methyl sites for hydroxylation is 2. The minimum atomic E-state index is -3.66. The van der Waals surface area contributed by atoms with E-state index in [4.69, 9.17) is 4.74 Å². The zero-order valence-electron chi connectivity index (χ0n) is 18.8. The maximum absolute atomic E-state index is 13.1. The molecule has 4 aromatic rings. The fourth-order valence-electron chi connectivity index (χ4n) is 3.92. The molecule has 1 N–H and O–H groups in total. The number of para-hydroxylation sites is 1. The lowest BCUT2D eigenvalue weighted by Gasteiger charge is -2.26. The summed E-state index contributed by atoms with van der Waals surface area (Å²) in [7, 11) is -3.66. The monoisotopic (exact) mass is 496 g/mol. The van der Waals surface area contributed by atoms with Gasteiger partial charge in [-0.25, -0.2) is 13.1 Å². The number of rotatable bonds is 5. The highest BCUT2D eigenvalue weighted by Crippen LogP contribution is 2.31. The molecule has 10 heteroatoms. The van der Waals surface area contributed by atoms with Crippen molar-refractivity contribution in [3.63, 3.8) is 0 Å². The molecule has 2 aromatic carbocycles. The smallest absolute Gasteiger partial charge is 0.265 e. The summed E-state index contributed by atoms with van der Waals surface area (Å²) >= 11 is 1.35. The fraction of sp³-hybridized carbons (Fsp3) is 0.250. The molecule has 0 saturated carbocycles. The Kier molecular flexibility index (Phi) is 5.98. The highest BCUT2D eigenvalue weighted by Gasteiger charge is 2.27. The first-order valence-electron chi connectivity index (χ1n) is 10.9. The molecule has 0 radical (unpaired) electrons. The van der Waals surface area contributed by atoms with E-state index in [0.717, 1.165) is 27.2 Å². The number of carbonyl (C=O) groups is 1. The molecule has 3 heterocycles. The van der Waals surface area contributed by atoms with Gasteiger partial charge in [-0.2, -0.15) is 9.40 Å². The molecule has 0 bridgehead atoms. The molecule has 1 fully saturated rings. The second-order valence-corrected chi connectivity index (χ2v) is 11.1. The van der Waals surface area contributed by atoms with E-state index in [9.17, 15) is 13.2 Å². The molecular formula is C24H24N4O4S2. The molecule has 2 aromatic heterocycles. The van der Waals surface area contributed by atoms with Gasteiger partial charge in [0.2, 0.25) is 10.0 Å². The van der Waals surface area contributed by atoms with Crippen molar-refractivity contribution < 1.29 is 17.9 Å². The van der Waals surface area contributed by atoms with Crippen molar-refractivity contribution in [1.82, 2.24) is 14.1 Å². The number of amides is 1. The van der Waals surface area contributed by atoms with Crippen molar-refractivity contribution in [1.29, 1.82) is 0 Å². The molecule has 0 unspecified atom stereocenters. The van der Waals surface area contributed by atoms with Crippen LogP contribution in [0.3, 0.4) is 0 Å². The van der Waals surface area contributed by atoms with Gasteiger partial charge in [-0.05, 0) is 49.7 Å². The first kappa shape index (κ1) is 22.7. The number of aromatic nitrogens is 2. The van der Waals surface area contributed by atoms with Gasteiger partial charge in [-0.1, -0.05) is 24.3 Å². The van der Waals surface area contributed by atoms with Gasteiger partial charge < -0.3 is 10.1 Å². The quantitative estimate of drug-likeness (QED) is 0.451. The van der Waals surface area contributed by atoms with Crippen molar-refractivity contribution in [2.45, 2.75) is 18.7 Å². The third kappa shape index (κ3) is 4.14. The van der Waals surface area contributed by atoms with Crippen molar-refractivity contribution in [2.24, 2.45) is 0 Å². The van der Waals surface area contributed by atoms with Gasteiger partial charge in [0.15, 0.2) is 0 Å². The van der Waals surface area contributed by atoms with Crippen molar-refractivity contribution >= 4 is 43.2 Å². The van der Waals surface area contributed by atoms with E-state index in [1.165, 1.54) is 21.7 Å². The molecule has 1 amide bonds. The average Bonchev–Trinajstić information content (AvgIpc) is 3.42. The van der Waals surface area contributed by atoms with E-state index >= 15 is 0 Å². The number of nitrogens with zero attached hydrogens (tertiary/aromatic N) is 3. The Labute approximate surface area is 201 Å². The van der Waals surface area contributed by atoms with Gasteiger partial charge in [0.05, 0.1) is 34.4 Å². The minimum absolute atomic E-state index is 0.155. The summed E-state index contributed by atoms with van der Waals surface area (Å²) in [4.78, 5) is 14.7. The molecule has 0 aliphatic carbocycles. The summed E-state index contributed by atoms with van der Waals surface area (Å²) in [5, 5.41) is 8.44. The standard InChI is InChI=1S/C24H24N4O4S2/c1-16-8-9-19(34(30,31)27-10-12-32-13-11-27)14-21(16)25-23(29)22-15-20-17(2)26-28(24(20)33-22)18-6-4-3-5-7-18/h3-9,14-15H,10-13H2,1-2H3,(H,25,29). The van der Waals surface area contributed by atoms with Crippen LogP contribution in [0.4, 0.5) is 5.69 Å². The fourth-order valence-corrected chi connectivity index (χ4v) is 6.43. The van der Waals surface area contributed by atoms with Crippen LogP contribution in [0.25, 0.3) is 15.9 Å². The summed E-state index contributed by atoms with van der Waals surface area (Å²) in [6, 6.07) is 16.4. The SMILES string of the molecule is Cc1ccc(S(=O)(=O)N2CCOCC2)cc1NC(=O)c1cc2c(C)nn(-c3ccccc3)c2s1. The summed E-state index contributed by atoms with van der Waals surface area (Å²) in [6.07, 6.45) is 0. The number of hydrogen-bond donors (Lipinski definition) is 1. The number of anilines is 1. The predicted molar refractivity (Wildman–Crippen MR) is 132 cm³/mol. The van der Waals surface area contributed by atoms with Crippen LogP contribution in [0.2, 0.25) is 0 Å². The lowest BCUT2D eigenvalue weighted by Crippen LogP contribution is -2.40. The van der Waals surface area contributed by atoms with E-state index in [-0.39, 0.29) is 10.8 Å². The highest BCUT2D eigenvalue weighted by atomic mass is 32.2. The van der Waals surface area contributed by atoms with E-state index in [1.807, 2.05) is 54.9 Å². The molecule has 1 aliphatic heterocycles. The maximum atomic E-state index is 13.1. The van der Waals surface area contributed by atoms with Gasteiger partial charge in [-0.15, -0.1) is 11.3 Å². The topological polar surface area (TPSA) is 93.5 Å². The number of hydrogen-bond acceptors (Lipinski definition) is 6. The van der Waals surface area contributed by atoms with Crippen LogP contribution in [0.1, 0.15) is 20.9 Å². The van der Waals surface area contributed by atoms with Gasteiger partial charge in [0.1, 0.15) is 4.83 Å². The molecule has 5 rings (SSSR count). The Bertz CT molecular complexity index is 1470. The van der Waals surface area contributed by atoms with E-state index in [0.29, 0.717) is 36.9 Å². The summed E-state index contributed by atoms with van der Waals surface area (Å²) in [5.74, 6) is -0.288. The number of benzene rings is 2. The third-order valence-corrected chi connectivity index (χ3v) is 8.84. The number of nitrogens with one attached hydrogen (secondary N) is 1. The van der Waals surface area contributed by atoms with Crippen LogP contribution in [0.5, 0.6) is 0 Å². The first-order valence-corrected chi connectivity index (χ1v) is 13.1. The Balaban J connectivity index is 1.44. The van der Waals surface area contributed by atoms with Crippen LogP contribution >= 0.6 is 11.3 Å².